The van der Waals surface area contributed by atoms with Crippen LogP contribution in [0.3, 0.4) is 0 Å². The largest absolute Gasteiger partial charge is 0.380 e. The monoisotopic (exact) mass is 485 g/mol. The van der Waals surface area contributed by atoms with Gasteiger partial charge in [0.05, 0.1) is 16.8 Å². The van der Waals surface area contributed by atoms with Gasteiger partial charge in [-0.2, -0.15) is 4.99 Å². The summed E-state index contributed by atoms with van der Waals surface area (Å²) >= 11 is 1.10. The van der Waals surface area contributed by atoms with Crippen LogP contribution in [0.2, 0.25) is 0 Å². The number of thiazole rings is 1. The molecule has 1 unspecified atom stereocenters. The lowest BCUT2D eigenvalue weighted by atomic mass is 10.0. The summed E-state index contributed by atoms with van der Waals surface area (Å²) in [6.45, 7) is 5.55. The number of ether oxygens (including phenoxy) is 1. The molecule has 1 fully saturated rings. The Bertz CT molecular complexity index is 1160. The molecule has 1 atom stereocenters. The van der Waals surface area contributed by atoms with Crippen LogP contribution in [-0.4, -0.2) is 67.0 Å². The molecule has 0 saturated carbocycles. The molecule has 1 aromatic heterocycles. The second-order valence-corrected chi connectivity index (χ2v) is 10.9. The molecule has 11 heteroatoms. The van der Waals surface area contributed by atoms with Gasteiger partial charge in [0, 0.05) is 25.7 Å². The van der Waals surface area contributed by atoms with E-state index in [-0.39, 0.29) is 10.8 Å². The minimum atomic E-state index is -3.97. The van der Waals surface area contributed by atoms with Crippen LogP contribution in [0.25, 0.3) is 10.2 Å². The van der Waals surface area contributed by atoms with Crippen LogP contribution in [0.15, 0.2) is 23.2 Å². The normalized spacial score (nSPS) is 17.8. The van der Waals surface area contributed by atoms with Gasteiger partial charge in [-0.05, 0) is 51.3 Å². The van der Waals surface area contributed by atoms with Crippen LogP contribution in [-0.2, 0) is 30.7 Å². The third-order valence-electron chi connectivity index (χ3n) is 5.34. The molecular weight excluding hydrogens is 457 g/mol. The maximum atomic E-state index is 13.6. The van der Waals surface area contributed by atoms with Gasteiger partial charge in [0.25, 0.3) is 5.91 Å². The van der Waals surface area contributed by atoms with Crippen LogP contribution in [0.1, 0.15) is 33.1 Å². The fourth-order valence-electron chi connectivity index (χ4n) is 3.77. The first-order valence-electron chi connectivity index (χ1n) is 10.6. The Labute approximate surface area is 190 Å². The van der Waals surface area contributed by atoms with Crippen LogP contribution in [0, 0.1) is 5.82 Å². The van der Waals surface area contributed by atoms with Crippen molar-refractivity contribution < 1.29 is 27.1 Å². The molecule has 2 aromatic rings. The zero-order chi connectivity index (χ0) is 23.3. The van der Waals surface area contributed by atoms with Crippen molar-refractivity contribution in [3.63, 3.8) is 0 Å². The van der Waals surface area contributed by atoms with E-state index in [9.17, 15) is 22.4 Å². The van der Waals surface area contributed by atoms with E-state index in [1.807, 2.05) is 13.8 Å². The van der Waals surface area contributed by atoms with E-state index in [2.05, 4.69) is 4.99 Å². The molecule has 1 aliphatic heterocycles. The van der Waals surface area contributed by atoms with Gasteiger partial charge in [-0.3, -0.25) is 9.59 Å². The number of amides is 2. The van der Waals surface area contributed by atoms with Crippen molar-refractivity contribution in [3.8, 4) is 0 Å². The minimum Gasteiger partial charge on any atom is -0.380 e. The first-order valence-corrected chi connectivity index (χ1v) is 13.3. The van der Waals surface area contributed by atoms with Gasteiger partial charge in [-0.15, -0.1) is 0 Å². The second-order valence-electron chi connectivity index (χ2n) is 7.81. The lowest BCUT2D eigenvalue weighted by Gasteiger charge is -2.33. The SMILES string of the molecule is CCOCCn1c(=NC(=O)CS(=O)(=O)CC(=O)N2CCCCC2C)sc2cc(F)ccc21. The van der Waals surface area contributed by atoms with E-state index in [4.69, 9.17) is 4.74 Å². The van der Waals surface area contributed by atoms with Crippen LogP contribution in [0.5, 0.6) is 0 Å². The van der Waals surface area contributed by atoms with Crippen LogP contribution < -0.4 is 4.80 Å². The standard InChI is InChI=1S/C21H28FN3O5S2/c1-3-30-11-10-25-17-8-7-16(22)12-18(17)31-21(25)23-19(26)13-32(28,29)14-20(27)24-9-5-4-6-15(24)2/h7-8,12,15H,3-6,9-11,13-14H2,1-2H3. The molecule has 2 amide bonds. The van der Waals surface area contributed by atoms with E-state index in [0.717, 1.165) is 30.6 Å². The van der Waals surface area contributed by atoms with Gasteiger partial charge in [0.2, 0.25) is 5.91 Å². The number of benzene rings is 1. The highest BCUT2D eigenvalue weighted by Crippen LogP contribution is 2.19. The fraction of sp³-hybridized carbons (Fsp3) is 0.571. The van der Waals surface area contributed by atoms with E-state index < -0.39 is 39.0 Å². The Kier molecular flexibility index (Phi) is 8.18. The van der Waals surface area contributed by atoms with Crippen molar-refractivity contribution in [2.24, 2.45) is 4.99 Å². The van der Waals surface area contributed by atoms with Crippen molar-refractivity contribution in [2.75, 3.05) is 31.3 Å². The van der Waals surface area contributed by atoms with E-state index in [1.165, 1.54) is 12.1 Å². The minimum absolute atomic E-state index is 0.00455. The third kappa shape index (κ3) is 6.23. The maximum absolute atomic E-state index is 13.6. The molecule has 0 bridgehead atoms. The van der Waals surface area contributed by atoms with Gasteiger partial charge >= 0.3 is 0 Å². The smallest absolute Gasteiger partial charge is 0.263 e. The van der Waals surface area contributed by atoms with Gasteiger partial charge in [0.15, 0.2) is 14.6 Å². The molecular formula is C21H28FN3O5S2. The quantitative estimate of drug-likeness (QED) is 0.534. The number of fused-ring (bicyclic) bond motifs is 1. The molecule has 176 valence electrons. The second kappa shape index (κ2) is 10.7. The third-order valence-corrected chi connectivity index (χ3v) is 7.75. The highest BCUT2D eigenvalue weighted by Gasteiger charge is 2.28. The number of sulfone groups is 1. The number of rotatable bonds is 8. The molecule has 2 heterocycles. The molecule has 32 heavy (non-hydrogen) atoms. The lowest BCUT2D eigenvalue weighted by molar-refractivity contribution is -0.131. The molecule has 0 N–H and O–H groups in total. The summed E-state index contributed by atoms with van der Waals surface area (Å²) in [5.41, 5.74) is 0.680. The zero-order valence-corrected chi connectivity index (χ0v) is 19.9. The summed E-state index contributed by atoms with van der Waals surface area (Å²) in [6.07, 6.45) is 2.70. The van der Waals surface area contributed by atoms with Crippen molar-refractivity contribution in [1.29, 1.82) is 0 Å². The number of halogens is 1. The van der Waals surface area contributed by atoms with Gasteiger partial charge < -0.3 is 14.2 Å². The first-order chi connectivity index (χ1) is 15.2. The summed E-state index contributed by atoms with van der Waals surface area (Å²) in [5.74, 6) is -3.31. The highest BCUT2D eigenvalue weighted by atomic mass is 32.2. The number of carbonyl (C=O) groups is 2. The molecule has 1 saturated heterocycles. The van der Waals surface area contributed by atoms with Gasteiger partial charge in [0.1, 0.15) is 17.3 Å². The average molecular weight is 486 g/mol. The number of hydrogen-bond acceptors (Lipinski definition) is 6. The van der Waals surface area contributed by atoms with Crippen molar-refractivity contribution in [1.82, 2.24) is 9.47 Å². The number of aromatic nitrogens is 1. The molecule has 1 aliphatic rings. The van der Waals surface area contributed by atoms with Crippen LogP contribution in [0.4, 0.5) is 4.39 Å². The topological polar surface area (TPSA) is 98.0 Å². The molecule has 0 radical (unpaired) electrons. The summed E-state index contributed by atoms with van der Waals surface area (Å²) in [4.78, 5) is 30.8. The molecule has 8 nitrogen and oxygen atoms in total. The molecule has 1 aromatic carbocycles. The summed E-state index contributed by atoms with van der Waals surface area (Å²) < 4.78 is 46.3. The highest BCUT2D eigenvalue weighted by molar-refractivity contribution is 7.92. The lowest BCUT2D eigenvalue weighted by Crippen LogP contribution is -2.45. The Hall–Kier alpha value is -2.11. The molecule has 3 rings (SSSR count). The van der Waals surface area contributed by atoms with Gasteiger partial charge in [-0.1, -0.05) is 11.3 Å². The summed E-state index contributed by atoms with van der Waals surface area (Å²) in [7, 11) is -3.97. The number of carbonyl (C=O) groups excluding carboxylic acids is 2. The number of piperidine rings is 1. The fourth-order valence-corrected chi connectivity index (χ4v) is 5.95. The predicted octanol–water partition coefficient (Wildman–Crippen LogP) is 2.12. The van der Waals surface area contributed by atoms with Crippen molar-refractivity contribution in [3.05, 3.63) is 28.8 Å². The Morgan fingerprint density at radius 3 is 2.78 bits per heavy atom. The van der Waals surface area contributed by atoms with Crippen molar-refractivity contribution in [2.45, 2.75) is 45.7 Å². The van der Waals surface area contributed by atoms with Crippen molar-refractivity contribution >= 4 is 43.2 Å². The van der Waals surface area contributed by atoms with E-state index in [1.54, 1.807) is 15.5 Å². The Balaban J connectivity index is 1.79. The average Bonchev–Trinajstić information content (AvgIpc) is 3.03. The first kappa shape index (κ1) is 24.5. The number of nitrogens with zero attached hydrogens (tertiary/aromatic N) is 3. The molecule has 0 spiro atoms. The Morgan fingerprint density at radius 1 is 1.28 bits per heavy atom. The number of hydrogen-bond donors (Lipinski definition) is 0. The Morgan fingerprint density at radius 2 is 2.06 bits per heavy atom. The predicted molar refractivity (Wildman–Crippen MR) is 121 cm³/mol. The summed E-state index contributed by atoms with van der Waals surface area (Å²) in [6, 6.07) is 4.24. The number of likely N-dealkylation sites (tertiary alicyclic amines) is 1. The van der Waals surface area contributed by atoms with Gasteiger partial charge in [-0.25, -0.2) is 12.8 Å². The van der Waals surface area contributed by atoms with E-state index >= 15 is 0 Å². The zero-order valence-electron chi connectivity index (χ0n) is 18.3. The van der Waals surface area contributed by atoms with Crippen LogP contribution >= 0.6 is 11.3 Å². The maximum Gasteiger partial charge on any atom is 0.263 e. The van der Waals surface area contributed by atoms with E-state index in [0.29, 0.717) is 36.5 Å². The molecule has 0 aliphatic carbocycles. The summed E-state index contributed by atoms with van der Waals surface area (Å²) in [5, 5.41) is 0.